The Morgan fingerprint density at radius 2 is 1.61 bits per heavy atom. The number of ether oxygens (including phenoxy) is 2. The standard InChI is InChI=1S/C14H23NO3/c1-9(2)5-13(16)14(15)10-6-11(17-3)8-12(7-10)18-4/h6-9,13-14,16H,5,15H2,1-4H3/t13-,14+/m0/s1. The molecule has 18 heavy (non-hydrogen) atoms. The van der Waals surface area contributed by atoms with E-state index in [-0.39, 0.29) is 0 Å². The van der Waals surface area contributed by atoms with Gasteiger partial charge in [-0.2, -0.15) is 0 Å². The van der Waals surface area contributed by atoms with Crippen LogP contribution in [0.5, 0.6) is 11.5 Å². The van der Waals surface area contributed by atoms with E-state index in [9.17, 15) is 5.11 Å². The minimum absolute atomic E-state index is 0.401. The number of nitrogens with two attached hydrogens (primary N) is 1. The summed E-state index contributed by atoms with van der Waals surface area (Å²) in [4.78, 5) is 0. The van der Waals surface area contributed by atoms with Gasteiger partial charge in [0.15, 0.2) is 0 Å². The molecule has 4 heteroatoms. The molecule has 0 saturated heterocycles. The molecule has 0 spiro atoms. The third-order valence-electron chi connectivity index (χ3n) is 2.89. The van der Waals surface area contributed by atoms with Crippen LogP contribution < -0.4 is 15.2 Å². The lowest BCUT2D eigenvalue weighted by molar-refractivity contribution is 0.121. The molecule has 0 radical (unpaired) electrons. The molecule has 0 amide bonds. The molecular weight excluding hydrogens is 230 g/mol. The molecule has 0 aliphatic rings. The summed E-state index contributed by atoms with van der Waals surface area (Å²) in [6, 6.07) is 5.01. The Kier molecular flexibility index (Phi) is 5.44. The molecule has 0 fully saturated rings. The van der Waals surface area contributed by atoms with Gasteiger partial charge in [0, 0.05) is 6.07 Å². The third-order valence-corrected chi connectivity index (χ3v) is 2.89. The van der Waals surface area contributed by atoms with Crippen molar-refractivity contribution in [1.82, 2.24) is 0 Å². The quantitative estimate of drug-likeness (QED) is 0.815. The second-order valence-corrected chi connectivity index (χ2v) is 4.87. The highest BCUT2D eigenvalue weighted by Gasteiger charge is 2.19. The molecule has 1 rings (SSSR count). The van der Waals surface area contributed by atoms with Gasteiger partial charge in [-0.05, 0) is 30.0 Å². The van der Waals surface area contributed by atoms with E-state index in [1.54, 1.807) is 20.3 Å². The van der Waals surface area contributed by atoms with E-state index in [0.717, 1.165) is 5.56 Å². The molecule has 0 saturated carbocycles. The fourth-order valence-electron chi connectivity index (χ4n) is 1.87. The van der Waals surface area contributed by atoms with Crippen LogP contribution in [-0.4, -0.2) is 25.4 Å². The Labute approximate surface area is 109 Å². The van der Waals surface area contributed by atoms with Gasteiger partial charge in [0.2, 0.25) is 0 Å². The van der Waals surface area contributed by atoms with Gasteiger partial charge < -0.3 is 20.3 Å². The monoisotopic (exact) mass is 253 g/mol. The number of hydrogen-bond donors (Lipinski definition) is 2. The number of benzene rings is 1. The smallest absolute Gasteiger partial charge is 0.122 e. The average Bonchev–Trinajstić information content (AvgIpc) is 2.36. The summed E-state index contributed by atoms with van der Waals surface area (Å²) in [5.41, 5.74) is 6.89. The van der Waals surface area contributed by atoms with Crippen LogP contribution in [0.15, 0.2) is 18.2 Å². The number of aliphatic hydroxyl groups excluding tert-OH is 1. The Bertz CT molecular complexity index is 357. The lowest BCUT2D eigenvalue weighted by Gasteiger charge is -2.21. The van der Waals surface area contributed by atoms with Crippen molar-refractivity contribution >= 4 is 0 Å². The molecule has 102 valence electrons. The predicted molar refractivity (Wildman–Crippen MR) is 71.9 cm³/mol. The SMILES string of the molecule is COc1cc(OC)cc([C@@H](N)[C@@H](O)CC(C)C)c1. The van der Waals surface area contributed by atoms with Gasteiger partial charge in [-0.25, -0.2) is 0 Å². The van der Waals surface area contributed by atoms with Crippen LogP contribution >= 0.6 is 0 Å². The predicted octanol–water partition coefficient (Wildman–Crippen LogP) is 2.11. The largest absolute Gasteiger partial charge is 0.497 e. The van der Waals surface area contributed by atoms with Crippen LogP contribution in [0.2, 0.25) is 0 Å². The average molecular weight is 253 g/mol. The maximum Gasteiger partial charge on any atom is 0.122 e. The van der Waals surface area contributed by atoms with Crippen molar-refractivity contribution < 1.29 is 14.6 Å². The first-order valence-corrected chi connectivity index (χ1v) is 6.14. The van der Waals surface area contributed by atoms with Crippen molar-refractivity contribution in [1.29, 1.82) is 0 Å². The van der Waals surface area contributed by atoms with E-state index in [4.69, 9.17) is 15.2 Å². The molecule has 0 heterocycles. The summed E-state index contributed by atoms with van der Waals surface area (Å²) in [5, 5.41) is 10.1. The first-order valence-electron chi connectivity index (χ1n) is 6.14. The van der Waals surface area contributed by atoms with Crippen molar-refractivity contribution in [3.05, 3.63) is 23.8 Å². The molecule has 1 aromatic rings. The number of hydrogen-bond acceptors (Lipinski definition) is 4. The van der Waals surface area contributed by atoms with Crippen molar-refractivity contribution in [3.63, 3.8) is 0 Å². The Morgan fingerprint density at radius 3 is 2.00 bits per heavy atom. The maximum absolute atomic E-state index is 10.1. The van der Waals surface area contributed by atoms with Crippen LogP contribution in [0.4, 0.5) is 0 Å². The Morgan fingerprint density at radius 1 is 1.11 bits per heavy atom. The second kappa shape index (κ2) is 6.61. The normalized spacial score (nSPS) is 14.4. The third kappa shape index (κ3) is 3.89. The first kappa shape index (κ1) is 14.8. The molecule has 2 atom stereocenters. The number of aliphatic hydroxyl groups is 1. The molecule has 0 unspecified atom stereocenters. The molecule has 0 aromatic heterocycles. The highest BCUT2D eigenvalue weighted by atomic mass is 16.5. The van der Waals surface area contributed by atoms with Gasteiger partial charge in [0.05, 0.1) is 26.4 Å². The zero-order valence-corrected chi connectivity index (χ0v) is 11.5. The summed E-state index contributed by atoms with van der Waals surface area (Å²) < 4.78 is 10.4. The van der Waals surface area contributed by atoms with Crippen LogP contribution in [0.25, 0.3) is 0 Å². The van der Waals surface area contributed by atoms with E-state index >= 15 is 0 Å². The van der Waals surface area contributed by atoms with Gasteiger partial charge in [-0.3, -0.25) is 0 Å². The van der Waals surface area contributed by atoms with Gasteiger partial charge in [-0.1, -0.05) is 13.8 Å². The lowest BCUT2D eigenvalue weighted by Crippen LogP contribution is -2.27. The van der Waals surface area contributed by atoms with Crippen LogP contribution in [0, 0.1) is 5.92 Å². The summed E-state index contributed by atoms with van der Waals surface area (Å²) in [7, 11) is 3.18. The zero-order chi connectivity index (χ0) is 13.7. The van der Waals surface area contributed by atoms with Gasteiger partial charge in [-0.15, -0.1) is 0 Å². The maximum atomic E-state index is 10.1. The van der Waals surface area contributed by atoms with E-state index in [1.165, 1.54) is 0 Å². The molecule has 0 aliphatic carbocycles. The summed E-state index contributed by atoms with van der Waals surface area (Å²) in [5.74, 6) is 1.76. The highest BCUT2D eigenvalue weighted by Crippen LogP contribution is 2.28. The van der Waals surface area contributed by atoms with Gasteiger partial charge in [0.1, 0.15) is 11.5 Å². The first-order chi connectivity index (χ1) is 8.47. The van der Waals surface area contributed by atoms with Crippen LogP contribution in [0.3, 0.4) is 0 Å². The van der Waals surface area contributed by atoms with E-state index in [2.05, 4.69) is 13.8 Å². The van der Waals surface area contributed by atoms with Gasteiger partial charge in [0.25, 0.3) is 0 Å². The lowest BCUT2D eigenvalue weighted by atomic mass is 9.95. The van der Waals surface area contributed by atoms with Crippen molar-refractivity contribution in [2.24, 2.45) is 11.7 Å². The minimum Gasteiger partial charge on any atom is -0.497 e. The zero-order valence-electron chi connectivity index (χ0n) is 11.5. The number of rotatable bonds is 6. The fourth-order valence-corrected chi connectivity index (χ4v) is 1.87. The Balaban J connectivity index is 2.93. The molecule has 1 aromatic carbocycles. The molecule has 0 bridgehead atoms. The molecular formula is C14H23NO3. The van der Waals surface area contributed by atoms with Crippen LogP contribution in [0.1, 0.15) is 31.9 Å². The fraction of sp³-hybridized carbons (Fsp3) is 0.571. The molecule has 0 aliphatic heterocycles. The topological polar surface area (TPSA) is 64.7 Å². The van der Waals surface area contributed by atoms with Crippen molar-refractivity contribution in [2.75, 3.05) is 14.2 Å². The summed E-state index contributed by atoms with van der Waals surface area (Å²) in [6.45, 7) is 4.12. The second-order valence-electron chi connectivity index (χ2n) is 4.87. The van der Waals surface area contributed by atoms with Crippen molar-refractivity contribution in [2.45, 2.75) is 32.4 Å². The van der Waals surface area contributed by atoms with Crippen LogP contribution in [-0.2, 0) is 0 Å². The highest BCUT2D eigenvalue weighted by molar-refractivity contribution is 5.40. The summed E-state index contributed by atoms with van der Waals surface area (Å²) in [6.07, 6.45) is 0.0996. The molecule has 3 N–H and O–H groups in total. The summed E-state index contributed by atoms with van der Waals surface area (Å²) >= 11 is 0. The van der Waals surface area contributed by atoms with E-state index < -0.39 is 12.1 Å². The van der Waals surface area contributed by atoms with Crippen molar-refractivity contribution in [3.8, 4) is 11.5 Å². The number of methoxy groups -OCH3 is 2. The van der Waals surface area contributed by atoms with E-state index in [0.29, 0.717) is 23.8 Å². The molecule has 4 nitrogen and oxygen atoms in total. The minimum atomic E-state index is -0.568. The van der Waals surface area contributed by atoms with Gasteiger partial charge >= 0.3 is 0 Å². The van der Waals surface area contributed by atoms with E-state index in [1.807, 2.05) is 12.1 Å². The Hall–Kier alpha value is -1.26.